The molecular weight excluding hydrogens is 519 g/mol. The Kier molecular flexibility index (Phi) is 7.08. The molecule has 5 rings (SSSR count). The number of ether oxygens (including phenoxy) is 2. The number of thioether (sulfide) groups is 1. The van der Waals surface area contributed by atoms with Crippen molar-refractivity contribution in [2.45, 2.75) is 23.8 Å². The monoisotopic (exact) mass is 540 g/mol. The fraction of sp³-hybridized carbons (Fsp3) is 0.222. The Morgan fingerprint density at radius 2 is 1.86 bits per heavy atom. The van der Waals surface area contributed by atoms with Gasteiger partial charge in [-0.25, -0.2) is 9.18 Å². The van der Waals surface area contributed by atoms with Crippen molar-refractivity contribution in [2.24, 2.45) is 0 Å². The molecule has 3 aromatic rings. The number of halogens is 2. The molecular formula is C27H22ClFN2O5S. The van der Waals surface area contributed by atoms with E-state index < -0.39 is 29.4 Å². The lowest BCUT2D eigenvalue weighted by atomic mass is 10.0. The number of nitrogens with zero attached hydrogens (tertiary/aromatic N) is 1. The zero-order valence-corrected chi connectivity index (χ0v) is 21.1. The van der Waals surface area contributed by atoms with Gasteiger partial charge in [0.1, 0.15) is 22.5 Å². The molecule has 2 aliphatic heterocycles. The van der Waals surface area contributed by atoms with E-state index in [-0.39, 0.29) is 18.1 Å². The quantitative estimate of drug-likeness (QED) is 0.407. The molecule has 2 atom stereocenters. The average molecular weight is 541 g/mol. The third-order valence-electron chi connectivity index (χ3n) is 6.23. The number of carbonyl (C=O) groups excluding carboxylic acids is 3. The summed E-state index contributed by atoms with van der Waals surface area (Å²) < 4.78 is 24.6. The van der Waals surface area contributed by atoms with E-state index in [0.717, 1.165) is 5.56 Å². The van der Waals surface area contributed by atoms with Gasteiger partial charge in [-0.15, -0.1) is 11.8 Å². The van der Waals surface area contributed by atoms with Crippen LogP contribution in [-0.4, -0.2) is 41.1 Å². The van der Waals surface area contributed by atoms with Crippen molar-refractivity contribution in [3.05, 3.63) is 89.2 Å². The van der Waals surface area contributed by atoms with Crippen LogP contribution in [0.3, 0.4) is 0 Å². The fourth-order valence-corrected chi connectivity index (χ4v) is 6.36. The van der Waals surface area contributed by atoms with Crippen LogP contribution in [0.5, 0.6) is 11.5 Å². The van der Waals surface area contributed by atoms with Gasteiger partial charge in [0.2, 0.25) is 5.91 Å². The third kappa shape index (κ3) is 5.14. The maximum Gasteiger partial charge on any atom is 0.330 e. The van der Waals surface area contributed by atoms with Crippen molar-refractivity contribution in [3.8, 4) is 11.5 Å². The van der Waals surface area contributed by atoms with Crippen molar-refractivity contribution in [1.82, 2.24) is 4.90 Å². The summed E-state index contributed by atoms with van der Waals surface area (Å²) in [5.74, 6) is -0.558. The Bertz CT molecular complexity index is 1340. The summed E-state index contributed by atoms with van der Waals surface area (Å²) in [5, 5.41) is 3.05. The highest BCUT2D eigenvalue weighted by atomic mass is 35.5. The second kappa shape index (κ2) is 10.4. The Balaban J connectivity index is 1.24. The predicted molar refractivity (Wildman–Crippen MR) is 138 cm³/mol. The largest absolute Gasteiger partial charge is 0.455 e. The molecule has 1 N–H and O–H groups in total. The first-order valence-electron chi connectivity index (χ1n) is 11.6. The smallest absolute Gasteiger partial charge is 0.330 e. The molecule has 0 unspecified atom stereocenters. The Labute approximate surface area is 221 Å². The van der Waals surface area contributed by atoms with E-state index in [0.29, 0.717) is 34.4 Å². The van der Waals surface area contributed by atoms with Crippen LogP contribution >= 0.6 is 23.4 Å². The Hall–Kier alpha value is -3.56. The summed E-state index contributed by atoms with van der Waals surface area (Å²) in [7, 11) is 0. The van der Waals surface area contributed by atoms with Crippen LogP contribution in [0.15, 0.2) is 72.8 Å². The number of carbonyl (C=O) groups is 3. The lowest BCUT2D eigenvalue weighted by Crippen LogP contribution is -2.47. The molecule has 10 heteroatoms. The van der Waals surface area contributed by atoms with Gasteiger partial charge in [-0.1, -0.05) is 41.9 Å². The number of anilines is 1. The van der Waals surface area contributed by atoms with Crippen molar-refractivity contribution >= 4 is 46.8 Å². The number of para-hydroxylation sites is 1. The van der Waals surface area contributed by atoms with Crippen molar-refractivity contribution in [3.63, 3.8) is 0 Å². The Morgan fingerprint density at radius 1 is 1.11 bits per heavy atom. The molecule has 2 aliphatic rings. The van der Waals surface area contributed by atoms with Crippen molar-refractivity contribution < 1.29 is 28.2 Å². The summed E-state index contributed by atoms with van der Waals surface area (Å²) in [4.78, 5) is 39.1. The van der Waals surface area contributed by atoms with Crippen LogP contribution < -0.4 is 10.1 Å². The molecule has 37 heavy (non-hydrogen) atoms. The van der Waals surface area contributed by atoms with Crippen molar-refractivity contribution in [1.29, 1.82) is 0 Å². The molecule has 3 aromatic carbocycles. The third-order valence-corrected chi connectivity index (χ3v) is 8.06. The van der Waals surface area contributed by atoms with Gasteiger partial charge in [0.15, 0.2) is 12.4 Å². The van der Waals surface area contributed by atoms with Crippen LogP contribution in [-0.2, 0) is 24.0 Å². The highest BCUT2D eigenvalue weighted by Gasteiger charge is 2.57. The van der Waals surface area contributed by atoms with Gasteiger partial charge in [0, 0.05) is 17.2 Å². The van der Waals surface area contributed by atoms with Crippen LogP contribution in [0.25, 0.3) is 0 Å². The topological polar surface area (TPSA) is 84.9 Å². The molecule has 0 bridgehead atoms. The van der Waals surface area contributed by atoms with Gasteiger partial charge in [-0.3, -0.25) is 9.59 Å². The SMILES string of the molecule is O=C(COC(=O)[C@@H]1CS[C@@]2(c3ccc(F)cc3)CCC(=O)N12)Nc1cc(Cl)ccc1Oc1ccccc1. The first kappa shape index (κ1) is 25.1. The molecule has 2 fully saturated rings. The van der Waals surface area contributed by atoms with E-state index in [4.69, 9.17) is 21.1 Å². The molecule has 2 amide bonds. The normalized spacial score (nSPS) is 20.4. The highest BCUT2D eigenvalue weighted by Crippen LogP contribution is 2.54. The minimum absolute atomic E-state index is 0.178. The minimum Gasteiger partial charge on any atom is -0.455 e. The molecule has 0 radical (unpaired) electrons. The second-order valence-electron chi connectivity index (χ2n) is 8.59. The predicted octanol–water partition coefficient (Wildman–Crippen LogP) is 5.34. The zero-order chi connectivity index (χ0) is 26.0. The summed E-state index contributed by atoms with van der Waals surface area (Å²) >= 11 is 7.55. The number of fused-ring (bicyclic) bond motifs is 1. The van der Waals surface area contributed by atoms with Crippen LogP contribution in [0.2, 0.25) is 5.02 Å². The summed E-state index contributed by atoms with van der Waals surface area (Å²) in [6, 6.07) is 18.9. The molecule has 190 valence electrons. The number of amides is 2. The first-order valence-corrected chi connectivity index (χ1v) is 12.9. The van der Waals surface area contributed by atoms with Crippen LogP contribution in [0, 0.1) is 5.82 Å². The minimum atomic E-state index is -0.846. The van der Waals surface area contributed by atoms with Gasteiger partial charge in [0.25, 0.3) is 5.91 Å². The van der Waals surface area contributed by atoms with Gasteiger partial charge in [0.05, 0.1) is 5.69 Å². The molecule has 0 spiro atoms. The summed E-state index contributed by atoms with van der Waals surface area (Å²) in [5.41, 5.74) is 1.07. The Morgan fingerprint density at radius 3 is 2.62 bits per heavy atom. The van der Waals surface area contributed by atoms with E-state index in [2.05, 4.69) is 5.32 Å². The van der Waals surface area contributed by atoms with Crippen LogP contribution in [0.4, 0.5) is 10.1 Å². The number of hydrogen-bond acceptors (Lipinski definition) is 6. The van der Waals surface area contributed by atoms with Gasteiger partial charge in [-0.05, 0) is 54.4 Å². The molecule has 2 heterocycles. The first-order chi connectivity index (χ1) is 17.9. The van der Waals surface area contributed by atoms with Gasteiger partial charge >= 0.3 is 5.97 Å². The lowest BCUT2D eigenvalue weighted by molar-refractivity contribution is -0.155. The highest BCUT2D eigenvalue weighted by molar-refractivity contribution is 8.00. The number of esters is 1. The maximum absolute atomic E-state index is 13.5. The zero-order valence-electron chi connectivity index (χ0n) is 19.5. The van der Waals surface area contributed by atoms with Crippen LogP contribution in [0.1, 0.15) is 18.4 Å². The van der Waals surface area contributed by atoms with E-state index in [1.54, 1.807) is 36.4 Å². The average Bonchev–Trinajstić information content (AvgIpc) is 3.44. The lowest BCUT2D eigenvalue weighted by Gasteiger charge is -2.33. The second-order valence-corrected chi connectivity index (χ2v) is 10.3. The van der Waals surface area contributed by atoms with Gasteiger partial charge in [-0.2, -0.15) is 0 Å². The molecule has 0 saturated carbocycles. The van der Waals surface area contributed by atoms with Gasteiger partial charge < -0.3 is 19.7 Å². The molecule has 0 aromatic heterocycles. The molecule has 0 aliphatic carbocycles. The summed E-state index contributed by atoms with van der Waals surface area (Å²) in [6.07, 6.45) is 0.777. The molecule has 2 saturated heterocycles. The van der Waals surface area contributed by atoms with E-state index >= 15 is 0 Å². The molecule has 7 nitrogen and oxygen atoms in total. The number of rotatable bonds is 7. The number of hydrogen-bond donors (Lipinski definition) is 1. The maximum atomic E-state index is 13.5. The van der Waals surface area contributed by atoms with Crippen molar-refractivity contribution in [2.75, 3.05) is 17.7 Å². The van der Waals surface area contributed by atoms with E-state index in [9.17, 15) is 18.8 Å². The fourth-order valence-electron chi connectivity index (χ4n) is 4.55. The van der Waals surface area contributed by atoms with E-state index in [1.807, 2.05) is 18.2 Å². The van der Waals surface area contributed by atoms with E-state index in [1.165, 1.54) is 34.9 Å². The summed E-state index contributed by atoms with van der Waals surface area (Å²) in [6.45, 7) is -0.553. The number of nitrogens with one attached hydrogen (secondary N) is 1. The standard InChI is InChI=1S/C27H22ClFN2O5S/c28-18-8-11-23(36-20-4-2-1-3-5-20)21(14-18)30-24(32)15-35-26(34)22-16-37-27(13-12-25(33)31(22)27)17-6-9-19(29)10-7-17/h1-11,14,22H,12-13,15-16H2,(H,30,32)/t22-,27+/m0/s1. The number of benzene rings is 3.